The molecule has 1 heterocycles. The van der Waals surface area contributed by atoms with Gasteiger partial charge >= 0.3 is 0 Å². The Labute approximate surface area is 171 Å². The topological polar surface area (TPSA) is 47.6 Å². The molecule has 2 aliphatic carbocycles. The molecule has 4 atom stereocenters. The number of carbonyl (C=O) groups excluding carboxylic acids is 1. The smallest absolute Gasteiger partial charge is 0.224 e. The number of fused-ring (bicyclic) bond motifs is 3. The van der Waals surface area contributed by atoms with Crippen LogP contribution in [0, 0.1) is 17.8 Å². The van der Waals surface area contributed by atoms with E-state index >= 15 is 0 Å². The van der Waals surface area contributed by atoms with Gasteiger partial charge in [-0.2, -0.15) is 0 Å². The summed E-state index contributed by atoms with van der Waals surface area (Å²) >= 11 is 0. The number of amides is 1. The van der Waals surface area contributed by atoms with Crippen molar-refractivity contribution >= 4 is 5.91 Å². The third-order valence-corrected chi connectivity index (χ3v) is 6.47. The number of hydrogen-bond donors (Lipinski definition) is 1. The normalized spacial score (nSPS) is 25.0. The lowest BCUT2D eigenvalue weighted by Crippen LogP contribution is -2.36. The number of allylic oxidation sites excluding steroid dienone is 2. The van der Waals surface area contributed by atoms with Crippen LogP contribution in [0.5, 0.6) is 11.5 Å². The summed E-state index contributed by atoms with van der Waals surface area (Å²) in [5.74, 6) is 2.86. The summed E-state index contributed by atoms with van der Waals surface area (Å²) in [5.41, 5.74) is 2.37. The van der Waals surface area contributed by atoms with Crippen molar-refractivity contribution in [2.45, 2.75) is 31.7 Å². The first-order valence-electron chi connectivity index (χ1n) is 10.7. The predicted octanol–water partition coefficient (Wildman–Crippen LogP) is 4.46. The van der Waals surface area contributed by atoms with Crippen LogP contribution in [0.15, 0.2) is 60.7 Å². The molecule has 0 spiro atoms. The van der Waals surface area contributed by atoms with Crippen LogP contribution in [0.2, 0.25) is 0 Å². The summed E-state index contributed by atoms with van der Waals surface area (Å²) in [5, 5.41) is 3.37. The number of nitrogens with one attached hydrogen (secondary N) is 1. The van der Waals surface area contributed by atoms with Gasteiger partial charge in [-0.1, -0.05) is 48.6 Å². The van der Waals surface area contributed by atoms with Crippen molar-refractivity contribution in [2.24, 2.45) is 17.8 Å². The fourth-order valence-electron chi connectivity index (χ4n) is 4.92. The van der Waals surface area contributed by atoms with Gasteiger partial charge in [0.2, 0.25) is 5.91 Å². The zero-order chi connectivity index (χ0) is 19.6. The average Bonchev–Trinajstić information content (AvgIpc) is 3.41. The van der Waals surface area contributed by atoms with E-state index in [1.807, 2.05) is 18.2 Å². The minimum atomic E-state index is -0.0401. The fraction of sp³-hybridized carbons (Fsp3) is 0.400. The van der Waals surface area contributed by atoms with Crippen LogP contribution in [-0.2, 0) is 11.2 Å². The van der Waals surface area contributed by atoms with Gasteiger partial charge in [0.05, 0.1) is 6.04 Å². The first kappa shape index (κ1) is 18.3. The highest BCUT2D eigenvalue weighted by atomic mass is 16.6. The molecule has 0 saturated heterocycles. The van der Waals surface area contributed by atoms with Crippen molar-refractivity contribution in [3.63, 3.8) is 0 Å². The lowest BCUT2D eigenvalue weighted by atomic mass is 9.91. The van der Waals surface area contributed by atoms with Gasteiger partial charge in [0, 0.05) is 5.92 Å². The maximum atomic E-state index is 13.1. The number of aryl methyl sites for hydroxylation is 1. The zero-order valence-corrected chi connectivity index (χ0v) is 16.6. The summed E-state index contributed by atoms with van der Waals surface area (Å²) in [7, 11) is 0. The van der Waals surface area contributed by atoms with Gasteiger partial charge in [-0.3, -0.25) is 4.79 Å². The van der Waals surface area contributed by atoms with Crippen LogP contribution in [0.4, 0.5) is 0 Å². The van der Waals surface area contributed by atoms with Gasteiger partial charge in [0.25, 0.3) is 0 Å². The minimum absolute atomic E-state index is 0.0401. The molecule has 0 radical (unpaired) electrons. The minimum Gasteiger partial charge on any atom is -0.486 e. The molecule has 1 unspecified atom stereocenters. The molecule has 2 aromatic rings. The summed E-state index contributed by atoms with van der Waals surface area (Å²) in [4.78, 5) is 13.1. The van der Waals surface area contributed by atoms with Crippen molar-refractivity contribution in [1.82, 2.24) is 5.32 Å². The van der Waals surface area contributed by atoms with Crippen molar-refractivity contribution in [2.75, 3.05) is 13.2 Å². The summed E-state index contributed by atoms with van der Waals surface area (Å²) in [6.07, 6.45) is 8.41. The van der Waals surface area contributed by atoms with Gasteiger partial charge < -0.3 is 14.8 Å². The third-order valence-electron chi connectivity index (χ3n) is 6.47. The van der Waals surface area contributed by atoms with Crippen molar-refractivity contribution in [3.05, 3.63) is 71.8 Å². The Hall–Kier alpha value is -2.75. The van der Waals surface area contributed by atoms with E-state index in [-0.39, 0.29) is 17.9 Å². The summed E-state index contributed by atoms with van der Waals surface area (Å²) in [6.45, 7) is 1.15. The van der Waals surface area contributed by atoms with E-state index < -0.39 is 0 Å². The van der Waals surface area contributed by atoms with Gasteiger partial charge in [-0.25, -0.2) is 0 Å². The second-order valence-corrected chi connectivity index (χ2v) is 8.38. The molecule has 2 bridgehead atoms. The van der Waals surface area contributed by atoms with Crippen LogP contribution >= 0.6 is 0 Å². The van der Waals surface area contributed by atoms with Crippen molar-refractivity contribution in [1.29, 1.82) is 0 Å². The molecule has 0 aromatic heterocycles. The molecular weight excluding hydrogens is 362 g/mol. The zero-order valence-electron chi connectivity index (χ0n) is 16.6. The Kier molecular flexibility index (Phi) is 5.01. The van der Waals surface area contributed by atoms with E-state index in [1.54, 1.807) is 0 Å². The molecule has 1 amide bonds. The second-order valence-electron chi connectivity index (χ2n) is 8.38. The molecule has 1 N–H and O–H groups in total. The molecule has 1 fully saturated rings. The van der Waals surface area contributed by atoms with Gasteiger partial charge in [-0.15, -0.1) is 0 Å². The largest absolute Gasteiger partial charge is 0.486 e. The third kappa shape index (κ3) is 3.89. The molecule has 4 nitrogen and oxygen atoms in total. The number of hydrogen-bond acceptors (Lipinski definition) is 3. The van der Waals surface area contributed by atoms with E-state index in [1.165, 1.54) is 5.56 Å². The number of ether oxygens (including phenoxy) is 2. The SMILES string of the molecule is O=C(NC(CCc1ccccc1)c1ccc2c(c1)OCCO2)[C@@H]1C[C@@H]2C=C[C@H]1C2. The van der Waals surface area contributed by atoms with Crippen LogP contribution in [-0.4, -0.2) is 19.1 Å². The Bertz CT molecular complexity index is 908. The van der Waals surface area contributed by atoms with Crippen molar-refractivity contribution < 1.29 is 14.3 Å². The van der Waals surface area contributed by atoms with Crippen LogP contribution in [0.3, 0.4) is 0 Å². The van der Waals surface area contributed by atoms with Crippen LogP contribution in [0.25, 0.3) is 0 Å². The van der Waals surface area contributed by atoms with Crippen LogP contribution in [0.1, 0.15) is 36.4 Å². The average molecular weight is 389 g/mol. The quantitative estimate of drug-likeness (QED) is 0.742. The van der Waals surface area contributed by atoms with Crippen molar-refractivity contribution in [3.8, 4) is 11.5 Å². The Balaban J connectivity index is 1.35. The van der Waals surface area contributed by atoms with E-state index in [0.717, 1.165) is 42.7 Å². The fourth-order valence-corrected chi connectivity index (χ4v) is 4.92. The molecule has 5 rings (SSSR count). The van der Waals surface area contributed by atoms with E-state index in [9.17, 15) is 4.79 Å². The number of rotatable bonds is 6. The Morgan fingerprint density at radius 1 is 1.00 bits per heavy atom. The predicted molar refractivity (Wildman–Crippen MR) is 112 cm³/mol. The molecule has 1 saturated carbocycles. The molecule has 29 heavy (non-hydrogen) atoms. The standard InChI is InChI=1S/C25H27NO3/c27-25(21-15-18-6-8-19(21)14-18)26-22(10-7-17-4-2-1-3-5-17)20-9-11-23-24(16-20)29-13-12-28-23/h1-6,8-9,11,16,18-19,21-22H,7,10,12-15H2,(H,26,27)/t18-,19+,21-,22?/m1/s1. The summed E-state index contributed by atoms with van der Waals surface area (Å²) in [6, 6.07) is 16.5. The Morgan fingerprint density at radius 2 is 1.83 bits per heavy atom. The monoisotopic (exact) mass is 389 g/mol. The molecular formula is C25H27NO3. The number of benzene rings is 2. The van der Waals surface area contributed by atoms with Crippen LogP contribution < -0.4 is 14.8 Å². The molecule has 2 aromatic carbocycles. The molecule has 150 valence electrons. The lowest BCUT2D eigenvalue weighted by Gasteiger charge is -2.26. The second kappa shape index (κ2) is 7.94. The van der Waals surface area contributed by atoms with E-state index in [4.69, 9.17) is 9.47 Å². The molecule has 1 aliphatic heterocycles. The summed E-state index contributed by atoms with van der Waals surface area (Å²) < 4.78 is 11.4. The van der Waals surface area contributed by atoms with Gasteiger partial charge in [-0.05, 0) is 60.8 Å². The number of carbonyl (C=O) groups is 1. The highest BCUT2D eigenvalue weighted by Gasteiger charge is 2.40. The highest BCUT2D eigenvalue weighted by molar-refractivity contribution is 5.80. The van der Waals surface area contributed by atoms with Gasteiger partial charge in [0.15, 0.2) is 11.5 Å². The Morgan fingerprint density at radius 3 is 2.59 bits per heavy atom. The first-order chi connectivity index (χ1) is 14.3. The highest BCUT2D eigenvalue weighted by Crippen LogP contribution is 2.44. The molecule has 3 aliphatic rings. The molecule has 4 heteroatoms. The lowest BCUT2D eigenvalue weighted by molar-refractivity contribution is -0.126. The maximum absolute atomic E-state index is 13.1. The first-order valence-corrected chi connectivity index (χ1v) is 10.7. The van der Waals surface area contributed by atoms with E-state index in [0.29, 0.717) is 25.0 Å². The maximum Gasteiger partial charge on any atom is 0.224 e. The van der Waals surface area contributed by atoms with Gasteiger partial charge in [0.1, 0.15) is 13.2 Å². The van der Waals surface area contributed by atoms with E-state index in [2.05, 4.69) is 47.8 Å².